The Balaban J connectivity index is -0.0000000910. The number of aliphatic hydroxyl groups excluding tert-OH is 2. The molecule has 0 aromatic carbocycles. The van der Waals surface area contributed by atoms with Crippen LogP contribution in [0.15, 0.2) is 0 Å². The molecule has 0 saturated heterocycles. The molecule has 0 atom stereocenters. The molecule has 0 aliphatic heterocycles. The third-order valence-corrected chi connectivity index (χ3v) is 0.508. The molecule has 0 radical (unpaired) electrons. The van der Waals surface area contributed by atoms with Crippen LogP contribution in [0.3, 0.4) is 0 Å². The average Bonchev–Trinajstić information content (AvgIpc) is 1.91. The van der Waals surface area contributed by atoms with Gasteiger partial charge < -0.3 is 14.9 Å². The van der Waals surface area contributed by atoms with Gasteiger partial charge in [-0.1, -0.05) is 0 Å². The largest absolute Gasteiger partial charge is 0.394 e. The van der Waals surface area contributed by atoms with Crippen molar-refractivity contribution in [1.82, 2.24) is 0 Å². The Kier molecular flexibility index (Phi) is 38.1. The highest BCUT2D eigenvalue weighted by atomic mass is 35.5. The van der Waals surface area contributed by atoms with Crippen LogP contribution in [0.1, 0.15) is 13.8 Å². The van der Waals surface area contributed by atoms with Crippen molar-refractivity contribution in [3.05, 3.63) is 0 Å². The minimum atomic E-state index is -0.125. The molecule has 3 nitrogen and oxygen atoms in total. The van der Waals surface area contributed by atoms with Crippen LogP contribution in [0.4, 0.5) is 0 Å². The molecule has 0 amide bonds. The first-order valence-corrected chi connectivity index (χ1v) is 3.12. The van der Waals surface area contributed by atoms with Gasteiger partial charge in [0.15, 0.2) is 0 Å². The lowest BCUT2D eigenvalue weighted by atomic mass is 10.8. The van der Waals surface area contributed by atoms with E-state index in [4.69, 9.17) is 14.9 Å². The molecule has 0 spiro atoms. The summed E-state index contributed by atoms with van der Waals surface area (Å²) in [5, 5.41) is 15.2. The predicted octanol–water partition coefficient (Wildman–Crippen LogP) is 0.436. The maximum absolute atomic E-state index is 7.62. The van der Waals surface area contributed by atoms with E-state index in [1.54, 1.807) is 0 Å². The molecule has 0 aliphatic carbocycles. The standard InChI is InChI=1S/C4H10O.C2H6O2.ClH/c1-3-5-4-2;3-1-2-4;/h3-4H2,1-2H3;3-4H,1-2H2;1H. The normalized spacial score (nSPS) is 7.20. The quantitative estimate of drug-likeness (QED) is 0.650. The molecule has 0 heterocycles. The molecule has 0 aromatic rings. The van der Waals surface area contributed by atoms with Gasteiger partial charge in [-0.25, -0.2) is 0 Å². The molecular formula is C6H17ClO3. The average molecular weight is 173 g/mol. The van der Waals surface area contributed by atoms with E-state index >= 15 is 0 Å². The summed E-state index contributed by atoms with van der Waals surface area (Å²) in [6.45, 7) is 5.42. The van der Waals surface area contributed by atoms with E-state index < -0.39 is 0 Å². The van der Waals surface area contributed by atoms with Crippen LogP contribution in [-0.4, -0.2) is 36.6 Å². The summed E-state index contributed by atoms with van der Waals surface area (Å²) in [6.07, 6.45) is 0. The fraction of sp³-hybridized carbons (Fsp3) is 1.00. The van der Waals surface area contributed by atoms with E-state index in [2.05, 4.69) is 0 Å². The van der Waals surface area contributed by atoms with Gasteiger partial charge in [-0.2, -0.15) is 0 Å². The topological polar surface area (TPSA) is 49.7 Å². The number of aliphatic hydroxyl groups is 2. The zero-order valence-electron chi connectivity index (χ0n) is 6.54. The van der Waals surface area contributed by atoms with Gasteiger partial charge in [0.05, 0.1) is 13.2 Å². The molecule has 0 aromatic heterocycles. The second-order valence-corrected chi connectivity index (χ2v) is 1.23. The van der Waals surface area contributed by atoms with Crippen molar-refractivity contribution in [2.24, 2.45) is 0 Å². The summed E-state index contributed by atoms with van der Waals surface area (Å²) in [5.74, 6) is 0. The Morgan fingerprint density at radius 1 is 1.00 bits per heavy atom. The lowest BCUT2D eigenvalue weighted by molar-refractivity contribution is 0.162. The number of hydrogen-bond donors (Lipinski definition) is 2. The SMILES string of the molecule is CCOCC.Cl.OCCO. The van der Waals surface area contributed by atoms with E-state index in [0.717, 1.165) is 13.2 Å². The fourth-order valence-electron chi connectivity index (χ4n) is 0.204. The number of rotatable bonds is 3. The third-order valence-electron chi connectivity index (χ3n) is 0.508. The molecule has 0 aliphatic rings. The van der Waals surface area contributed by atoms with Crippen molar-refractivity contribution in [3.63, 3.8) is 0 Å². The summed E-state index contributed by atoms with van der Waals surface area (Å²) < 4.78 is 4.83. The number of ether oxygens (including phenoxy) is 1. The van der Waals surface area contributed by atoms with Gasteiger partial charge in [-0.3, -0.25) is 0 Å². The van der Waals surface area contributed by atoms with Crippen molar-refractivity contribution < 1.29 is 14.9 Å². The third kappa shape index (κ3) is 41.8. The summed E-state index contributed by atoms with van der Waals surface area (Å²) in [7, 11) is 0. The van der Waals surface area contributed by atoms with E-state index in [-0.39, 0.29) is 25.6 Å². The van der Waals surface area contributed by atoms with Gasteiger partial charge in [0.1, 0.15) is 0 Å². The van der Waals surface area contributed by atoms with Crippen LogP contribution < -0.4 is 0 Å². The first-order valence-electron chi connectivity index (χ1n) is 3.12. The van der Waals surface area contributed by atoms with Crippen LogP contribution >= 0.6 is 12.4 Å². The Labute approximate surface area is 68.4 Å². The van der Waals surface area contributed by atoms with Crippen LogP contribution in [0, 0.1) is 0 Å². The van der Waals surface area contributed by atoms with Gasteiger partial charge in [0.2, 0.25) is 0 Å². The molecule has 0 fully saturated rings. The summed E-state index contributed by atoms with van der Waals surface area (Å²) in [4.78, 5) is 0. The lowest BCUT2D eigenvalue weighted by Crippen LogP contribution is -1.85. The monoisotopic (exact) mass is 172 g/mol. The second kappa shape index (κ2) is 22.9. The molecule has 2 N–H and O–H groups in total. The highest BCUT2D eigenvalue weighted by molar-refractivity contribution is 5.85. The molecular weight excluding hydrogens is 156 g/mol. The molecule has 66 valence electrons. The van der Waals surface area contributed by atoms with E-state index in [9.17, 15) is 0 Å². The Hall–Kier alpha value is 0.170. The van der Waals surface area contributed by atoms with Crippen LogP contribution in [0.25, 0.3) is 0 Å². The van der Waals surface area contributed by atoms with E-state index in [1.807, 2.05) is 13.8 Å². The van der Waals surface area contributed by atoms with Crippen molar-refractivity contribution in [3.8, 4) is 0 Å². The van der Waals surface area contributed by atoms with Crippen LogP contribution in [0.2, 0.25) is 0 Å². The zero-order chi connectivity index (χ0) is 7.54. The van der Waals surface area contributed by atoms with Gasteiger partial charge in [0, 0.05) is 13.2 Å². The summed E-state index contributed by atoms with van der Waals surface area (Å²) >= 11 is 0. The highest BCUT2D eigenvalue weighted by Crippen LogP contribution is 1.64. The molecule has 0 unspecified atom stereocenters. The van der Waals surface area contributed by atoms with E-state index in [0.29, 0.717) is 0 Å². The van der Waals surface area contributed by atoms with Gasteiger partial charge in [0.25, 0.3) is 0 Å². The van der Waals surface area contributed by atoms with Crippen molar-refractivity contribution >= 4 is 12.4 Å². The first kappa shape index (κ1) is 16.6. The molecule has 4 heteroatoms. The summed E-state index contributed by atoms with van der Waals surface area (Å²) in [6, 6.07) is 0. The van der Waals surface area contributed by atoms with Crippen molar-refractivity contribution in [1.29, 1.82) is 0 Å². The minimum absolute atomic E-state index is 0. The Bertz CT molecular complexity index is 32.2. The zero-order valence-corrected chi connectivity index (χ0v) is 7.36. The minimum Gasteiger partial charge on any atom is -0.394 e. The Morgan fingerprint density at radius 3 is 1.30 bits per heavy atom. The molecule has 0 rings (SSSR count). The summed E-state index contributed by atoms with van der Waals surface area (Å²) in [5.41, 5.74) is 0. The van der Waals surface area contributed by atoms with Crippen molar-refractivity contribution in [2.75, 3.05) is 26.4 Å². The fourth-order valence-corrected chi connectivity index (χ4v) is 0.204. The van der Waals surface area contributed by atoms with Gasteiger partial charge >= 0.3 is 0 Å². The van der Waals surface area contributed by atoms with Crippen LogP contribution in [-0.2, 0) is 4.74 Å². The lowest BCUT2D eigenvalue weighted by Gasteiger charge is -1.86. The predicted molar refractivity (Wildman–Crippen MR) is 43.6 cm³/mol. The Morgan fingerprint density at radius 2 is 1.30 bits per heavy atom. The van der Waals surface area contributed by atoms with Crippen molar-refractivity contribution in [2.45, 2.75) is 13.8 Å². The first-order chi connectivity index (χ1) is 4.33. The second-order valence-electron chi connectivity index (χ2n) is 1.23. The molecule has 0 saturated carbocycles. The molecule has 10 heavy (non-hydrogen) atoms. The number of hydrogen-bond acceptors (Lipinski definition) is 3. The smallest absolute Gasteiger partial charge is 0.0662 e. The number of halogens is 1. The maximum Gasteiger partial charge on any atom is 0.0662 e. The maximum atomic E-state index is 7.62. The van der Waals surface area contributed by atoms with E-state index in [1.165, 1.54) is 0 Å². The highest BCUT2D eigenvalue weighted by Gasteiger charge is 1.64. The molecule has 0 bridgehead atoms. The van der Waals surface area contributed by atoms with Gasteiger partial charge in [-0.05, 0) is 13.8 Å². The van der Waals surface area contributed by atoms with Crippen LogP contribution in [0.5, 0.6) is 0 Å². The van der Waals surface area contributed by atoms with Gasteiger partial charge in [-0.15, -0.1) is 12.4 Å².